The molecule has 1 aromatic heterocycles. The normalized spacial score (nSPS) is 21.9. The van der Waals surface area contributed by atoms with Crippen LogP contribution in [0.1, 0.15) is 27.7 Å². The highest BCUT2D eigenvalue weighted by atomic mass is 32.2. The number of rotatable bonds is 7. The molecule has 1 saturated heterocycles. The van der Waals surface area contributed by atoms with Gasteiger partial charge in [0.05, 0.1) is 23.1 Å². The largest absolute Gasteiger partial charge is 0.413 e. The molecule has 0 aromatic carbocycles. The standard InChI is InChI=1S/C15H27N5O3S2Si/c1-9(23-26(6,7)15(2,3)4)11-12(22)16-13(11)25-10(21)8-24-14-17-18-19-20(14)5/h9,11,13H,8H2,1-7H3,(H,16,22)/t9-,11-,13-/m1/s1. The van der Waals surface area contributed by atoms with Gasteiger partial charge in [0.2, 0.25) is 16.2 Å². The summed E-state index contributed by atoms with van der Waals surface area (Å²) in [5, 5.41) is 14.3. The second kappa shape index (κ2) is 7.99. The molecular formula is C15H27N5O3S2Si. The highest BCUT2D eigenvalue weighted by Gasteiger charge is 2.48. The molecule has 1 N–H and O–H groups in total. The van der Waals surface area contributed by atoms with Crippen molar-refractivity contribution >= 4 is 42.9 Å². The number of tetrazole rings is 1. The number of nitrogens with one attached hydrogen (secondary N) is 1. The van der Waals surface area contributed by atoms with Gasteiger partial charge in [-0.05, 0) is 35.5 Å². The van der Waals surface area contributed by atoms with Gasteiger partial charge >= 0.3 is 0 Å². The fraction of sp³-hybridized carbons (Fsp3) is 0.800. The fourth-order valence-corrected chi connectivity index (χ4v) is 5.68. The maximum Gasteiger partial charge on any atom is 0.229 e. The Bertz CT molecular complexity index is 676. The van der Waals surface area contributed by atoms with Crippen LogP contribution in [0.2, 0.25) is 18.1 Å². The third-order valence-electron chi connectivity index (χ3n) is 4.86. The van der Waals surface area contributed by atoms with Crippen molar-refractivity contribution in [2.45, 2.75) is 62.5 Å². The number of aromatic nitrogens is 4. The first-order valence-corrected chi connectivity index (χ1v) is 13.2. The molecular weight excluding hydrogens is 390 g/mol. The number of nitrogens with zero attached hydrogens (tertiary/aromatic N) is 4. The first-order valence-electron chi connectivity index (χ1n) is 8.45. The lowest BCUT2D eigenvalue weighted by molar-refractivity contribution is -0.136. The molecule has 2 heterocycles. The van der Waals surface area contributed by atoms with E-state index in [1.165, 1.54) is 16.4 Å². The fourth-order valence-electron chi connectivity index (χ4n) is 2.29. The summed E-state index contributed by atoms with van der Waals surface area (Å²) in [6.45, 7) is 12.8. The van der Waals surface area contributed by atoms with Gasteiger partial charge in [0.15, 0.2) is 8.32 Å². The molecule has 1 amide bonds. The molecule has 0 radical (unpaired) electrons. The quantitative estimate of drug-likeness (QED) is 0.409. The number of hydrogen-bond donors (Lipinski definition) is 1. The Morgan fingerprint density at radius 2 is 2.08 bits per heavy atom. The summed E-state index contributed by atoms with van der Waals surface area (Å²) in [7, 11) is -0.249. The maximum absolute atomic E-state index is 12.3. The van der Waals surface area contributed by atoms with Gasteiger partial charge in [-0.1, -0.05) is 44.3 Å². The molecule has 2 rings (SSSR count). The van der Waals surface area contributed by atoms with Crippen LogP contribution >= 0.6 is 23.5 Å². The van der Waals surface area contributed by atoms with E-state index in [0.29, 0.717) is 5.16 Å². The van der Waals surface area contributed by atoms with E-state index in [1.54, 1.807) is 7.05 Å². The minimum atomic E-state index is -1.97. The van der Waals surface area contributed by atoms with Crippen LogP contribution in [-0.2, 0) is 21.1 Å². The monoisotopic (exact) mass is 417 g/mol. The number of aryl methyl sites for hydroxylation is 1. The molecule has 0 saturated carbocycles. The number of thioether (sulfide) groups is 2. The average molecular weight is 418 g/mol. The maximum atomic E-state index is 12.3. The first kappa shape index (κ1) is 21.4. The Morgan fingerprint density at radius 1 is 1.42 bits per heavy atom. The molecule has 0 aliphatic carbocycles. The van der Waals surface area contributed by atoms with Crippen molar-refractivity contribution in [1.82, 2.24) is 25.5 Å². The Morgan fingerprint density at radius 3 is 2.58 bits per heavy atom. The molecule has 0 unspecified atom stereocenters. The lowest BCUT2D eigenvalue weighted by Gasteiger charge is -2.44. The number of amides is 1. The van der Waals surface area contributed by atoms with Crippen LogP contribution < -0.4 is 5.32 Å². The van der Waals surface area contributed by atoms with Gasteiger partial charge in [0, 0.05) is 7.05 Å². The predicted molar refractivity (Wildman–Crippen MR) is 105 cm³/mol. The number of carbonyl (C=O) groups excluding carboxylic acids is 2. The smallest absolute Gasteiger partial charge is 0.229 e. The van der Waals surface area contributed by atoms with Crippen LogP contribution in [0.25, 0.3) is 0 Å². The molecule has 8 nitrogen and oxygen atoms in total. The molecule has 3 atom stereocenters. The summed E-state index contributed by atoms with van der Waals surface area (Å²) < 4.78 is 7.86. The Balaban J connectivity index is 1.89. The van der Waals surface area contributed by atoms with Crippen LogP contribution in [0.5, 0.6) is 0 Å². The van der Waals surface area contributed by atoms with Crippen LogP contribution in [0.4, 0.5) is 0 Å². The number of β-lactam (4-membered cyclic amide) rings is 1. The van der Waals surface area contributed by atoms with Crippen molar-refractivity contribution in [3.05, 3.63) is 0 Å². The van der Waals surface area contributed by atoms with Gasteiger partial charge in [0.1, 0.15) is 0 Å². The van der Waals surface area contributed by atoms with E-state index in [0.717, 1.165) is 11.8 Å². The summed E-state index contributed by atoms with van der Waals surface area (Å²) in [5.41, 5.74) is 0. The van der Waals surface area contributed by atoms with E-state index in [2.05, 4.69) is 54.7 Å². The zero-order valence-corrected chi connectivity index (χ0v) is 18.9. The summed E-state index contributed by atoms with van der Waals surface area (Å²) >= 11 is 2.44. The molecule has 0 spiro atoms. The number of hydrogen-bond acceptors (Lipinski definition) is 8. The van der Waals surface area contributed by atoms with E-state index in [-0.39, 0.29) is 39.2 Å². The van der Waals surface area contributed by atoms with E-state index < -0.39 is 8.32 Å². The first-order chi connectivity index (χ1) is 11.9. The predicted octanol–water partition coefficient (Wildman–Crippen LogP) is 2.04. The minimum absolute atomic E-state index is 0.0208. The lowest BCUT2D eigenvalue weighted by atomic mass is 9.96. The van der Waals surface area contributed by atoms with Crippen LogP contribution in [-0.4, -0.2) is 56.8 Å². The second-order valence-electron chi connectivity index (χ2n) is 7.90. The van der Waals surface area contributed by atoms with Crippen LogP contribution in [0, 0.1) is 5.92 Å². The molecule has 1 aliphatic heterocycles. The van der Waals surface area contributed by atoms with Crippen molar-refractivity contribution in [3.8, 4) is 0 Å². The van der Waals surface area contributed by atoms with E-state index in [9.17, 15) is 9.59 Å². The van der Waals surface area contributed by atoms with Gasteiger partial charge in [-0.25, -0.2) is 4.68 Å². The zero-order valence-electron chi connectivity index (χ0n) is 16.3. The highest BCUT2D eigenvalue weighted by molar-refractivity contribution is 8.16. The van der Waals surface area contributed by atoms with Crippen molar-refractivity contribution in [1.29, 1.82) is 0 Å². The van der Waals surface area contributed by atoms with Crippen molar-refractivity contribution in [2.24, 2.45) is 13.0 Å². The number of carbonyl (C=O) groups is 2. The van der Waals surface area contributed by atoms with Gasteiger partial charge in [-0.2, -0.15) is 0 Å². The Hall–Kier alpha value is -0.913. The minimum Gasteiger partial charge on any atom is -0.413 e. The second-order valence-corrected chi connectivity index (χ2v) is 14.8. The van der Waals surface area contributed by atoms with E-state index in [4.69, 9.17) is 4.43 Å². The van der Waals surface area contributed by atoms with Gasteiger partial charge in [0.25, 0.3) is 0 Å². The third-order valence-corrected chi connectivity index (χ3v) is 11.7. The summed E-state index contributed by atoms with van der Waals surface area (Å²) in [4.78, 5) is 24.3. The molecule has 1 aromatic rings. The van der Waals surface area contributed by atoms with Crippen molar-refractivity contribution < 1.29 is 14.0 Å². The molecule has 1 fully saturated rings. The summed E-state index contributed by atoms with van der Waals surface area (Å²) in [5.74, 6) is -0.110. The van der Waals surface area contributed by atoms with Gasteiger partial charge in [-0.3, -0.25) is 9.59 Å². The van der Waals surface area contributed by atoms with Gasteiger partial charge in [-0.15, -0.1) is 5.10 Å². The molecule has 146 valence electrons. The lowest BCUT2D eigenvalue weighted by Crippen LogP contribution is -2.62. The SMILES string of the molecule is C[C@@H](O[Si](C)(C)C(C)(C)C)[C@@H]1C(=O)N[C@@H]1SC(=O)CSc1nnnn1C. The topological polar surface area (TPSA) is 99.0 Å². The average Bonchev–Trinajstić information content (AvgIpc) is 2.87. The molecule has 1 aliphatic rings. The van der Waals surface area contributed by atoms with Crippen LogP contribution in [0.3, 0.4) is 0 Å². The summed E-state index contributed by atoms with van der Waals surface area (Å²) in [6.07, 6.45) is -0.217. The molecule has 0 bridgehead atoms. The zero-order chi connectivity index (χ0) is 19.7. The Labute approximate surface area is 163 Å². The van der Waals surface area contributed by atoms with E-state index in [1.807, 2.05) is 6.92 Å². The van der Waals surface area contributed by atoms with Crippen molar-refractivity contribution in [2.75, 3.05) is 5.75 Å². The van der Waals surface area contributed by atoms with E-state index >= 15 is 0 Å². The Kier molecular flexibility index (Phi) is 6.57. The van der Waals surface area contributed by atoms with Gasteiger partial charge < -0.3 is 9.74 Å². The van der Waals surface area contributed by atoms with Crippen molar-refractivity contribution in [3.63, 3.8) is 0 Å². The molecule has 26 heavy (non-hydrogen) atoms. The van der Waals surface area contributed by atoms with Crippen LogP contribution in [0.15, 0.2) is 5.16 Å². The molecule has 11 heteroatoms. The third kappa shape index (κ3) is 4.87. The summed E-state index contributed by atoms with van der Waals surface area (Å²) in [6, 6.07) is 0. The highest BCUT2D eigenvalue weighted by Crippen LogP contribution is 2.40.